The van der Waals surface area contributed by atoms with Crippen molar-refractivity contribution in [1.29, 1.82) is 0 Å². The summed E-state index contributed by atoms with van der Waals surface area (Å²) in [7, 11) is 1.85. The van der Waals surface area contributed by atoms with Crippen LogP contribution in [-0.2, 0) is 24.7 Å². The summed E-state index contributed by atoms with van der Waals surface area (Å²) >= 11 is 0. The molecule has 0 saturated carbocycles. The van der Waals surface area contributed by atoms with Gasteiger partial charge in [-0.2, -0.15) is 5.10 Å². The molecule has 0 saturated heterocycles. The molecule has 0 radical (unpaired) electrons. The molecule has 128 valence electrons. The molecule has 1 aromatic carbocycles. The number of benzene rings is 1. The highest BCUT2D eigenvalue weighted by Crippen LogP contribution is 1.98. The normalized spacial score (nSPS) is 10.2. The number of aryl methyl sites for hydroxylation is 1. The van der Waals surface area contributed by atoms with Crippen molar-refractivity contribution in [1.82, 2.24) is 25.7 Å². The lowest BCUT2D eigenvalue weighted by atomic mass is 10.1. The first kappa shape index (κ1) is 17.5. The smallest absolute Gasteiger partial charge is 0.315 e. The van der Waals surface area contributed by atoms with Gasteiger partial charge >= 0.3 is 6.03 Å². The van der Waals surface area contributed by atoms with E-state index in [0.717, 1.165) is 12.0 Å². The van der Waals surface area contributed by atoms with Gasteiger partial charge in [0.15, 0.2) is 0 Å². The van der Waals surface area contributed by atoms with E-state index in [0.29, 0.717) is 19.5 Å². The van der Waals surface area contributed by atoms with Gasteiger partial charge in [0.1, 0.15) is 0 Å². The largest absolute Gasteiger partial charge is 0.354 e. The van der Waals surface area contributed by atoms with Crippen molar-refractivity contribution < 1.29 is 9.59 Å². The topological polar surface area (TPSA) is 88.0 Å². The summed E-state index contributed by atoms with van der Waals surface area (Å²) < 4.78 is 1.72. The van der Waals surface area contributed by atoms with Crippen molar-refractivity contribution in [2.75, 3.05) is 19.6 Å². The number of nitrogens with one attached hydrogen (secondary N) is 3. The molecule has 0 bridgehead atoms. The minimum absolute atomic E-state index is 0.0342. The molecule has 1 aromatic heterocycles. The summed E-state index contributed by atoms with van der Waals surface area (Å²) in [5.74, 6) is -0.201. The third-order valence-electron chi connectivity index (χ3n) is 3.45. The standard InChI is InChI=1S/C17H23N5O2/c1-22-13-15(11-21-22)8-10-19-17(24)20-12-16(23)18-9-7-14-5-3-2-4-6-14/h2-6,11,13H,7-10,12H2,1H3,(H,18,23)(H2,19,20,24). The Kier molecular flexibility index (Phi) is 6.82. The molecule has 0 aliphatic rings. The Morgan fingerprint density at radius 2 is 1.71 bits per heavy atom. The van der Waals surface area contributed by atoms with E-state index in [1.165, 1.54) is 5.56 Å². The molecule has 0 aliphatic carbocycles. The van der Waals surface area contributed by atoms with E-state index >= 15 is 0 Å². The number of carbonyl (C=O) groups is 2. The number of amides is 3. The lowest BCUT2D eigenvalue weighted by Crippen LogP contribution is -2.42. The molecule has 0 spiro atoms. The summed E-state index contributed by atoms with van der Waals surface area (Å²) in [6, 6.07) is 9.57. The fourth-order valence-corrected chi connectivity index (χ4v) is 2.20. The van der Waals surface area contributed by atoms with Crippen LogP contribution in [0.2, 0.25) is 0 Å². The third-order valence-corrected chi connectivity index (χ3v) is 3.45. The minimum atomic E-state index is -0.350. The van der Waals surface area contributed by atoms with E-state index in [1.54, 1.807) is 10.9 Å². The van der Waals surface area contributed by atoms with Crippen LogP contribution in [0.5, 0.6) is 0 Å². The first-order valence-electron chi connectivity index (χ1n) is 7.93. The maximum atomic E-state index is 11.7. The second kappa shape index (κ2) is 9.34. The van der Waals surface area contributed by atoms with Crippen LogP contribution in [0.1, 0.15) is 11.1 Å². The highest BCUT2D eigenvalue weighted by molar-refractivity contribution is 5.83. The molecule has 3 N–H and O–H groups in total. The molecule has 1 heterocycles. The molecule has 2 aromatic rings. The van der Waals surface area contributed by atoms with Gasteiger partial charge in [-0.1, -0.05) is 30.3 Å². The average molecular weight is 329 g/mol. The predicted molar refractivity (Wildman–Crippen MR) is 91.5 cm³/mol. The maximum Gasteiger partial charge on any atom is 0.315 e. The van der Waals surface area contributed by atoms with Crippen molar-refractivity contribution in [3.8, 4) is 0 Å². The van der Waals surface area contributed by atoms with Gasteiger partial charge in [-0.15, -0.1) is 0 Å². The SMILES string of the molecule is Cn1cc(CCNC(=O)NCC(=O)NCCc2ccccc2)cn1. The summed E-state index contributed by atoms with van der Waals surface area (Å²) in [6.07, 6.45) is 5.13. The van der Waals surface area contributed by atoms with Gasteiger partial charge in [-0.05, 0) is 24.0 Å². The number of nitrogens with zero attached hydrogens (tertiary/aromatic N) is 2. The molecule has 7 heteroatoms. The molecular formula is C17H23N5O2. The van der Waals surface area contributed by atoms with Crippen molar-refractivity contribution in [3.05, 3.63) is 53.9 Å². The Morgan fingerprint density at radius 1 is 1.00 bits per heavy atom. The predicted octanol–water partition coefficient (Wildman–Crippen LogP) is 0.621. The lowest BCUT2D eigenvalue weighted by Gasteiger charge is -2.08. The highest BCUT2D eigenvalue weighted by atomic mass is 16.2. The Labute approximate surface area is 141 Å². The van der Waals surface area contributed by atoms with Crippen LogP contribution >= 0.6 is 0 Å². The Balaban J connectivity index is 1.53. The average Bonchev–Trinajstić information content (AvgIpc) is 2.99. The Morgan fingerprint density at radius 3 is 2.42 bits per heavy atom. The molecule has 3 amide bonds. The molecule has 0 unspecified atom stereocenters. The van der Waals surface area contributed by atoms with Gasteiger partial charge in [0.2, 0.25) is 5.91 Å². The highest BCUT2D eigenvalue weighted by Gasteiger charge is 2.05. The van der Waals surface area contributed by atoms with Gasteiger partial charge < -0.3 is 16.0 Å². The Bertz CT molecular complexity index is 654. The molecule has 0 fully saturated rings. The zero-order valence-corrected chi connectivity index (χ0v) is 13.8. The molecule has 7 nitrogen and oxygen atoms in total. The summed E-state index contributed by atoms with van der Waals surface area (Å²) in [4.78, 5) is 23.3. The zero-order chi connectivity index (χ0) is 17.2. The van der Waals surface area contributed by atoms with Crippen molar-refractivity contribution >= 4 is 11.9 Å². The number of hydrogen-bond donors (Lipinski definition) is 3. The van der Waals surface area contributed by atoms with E-state index in [1.807, 2.05) is 43.6 Å². The van der Waals surface area contributed by atoms with Crippen LogP contribution in [0, 0.1) is 0 Å². The van der Waals surface area contributed by atoms with Crippen molar-refractivity contribution in [2.24, 2.45) is 7.05 Å². The quantitative estimate of drug-likeness (QED) is 0.663. The van der Waals surface area contributed by atoms with Crippen LogP contribution in [0.4, 0.5) is 4.79 Å². The number of rotatable bonds is 8. The number of carbonyl (C=O) groups excluding carboxylic acids is 2. The first-order valence-corrected chi connectivity index (χ1v) is 7.93. The lowest BCUT2D eigenvalue weighted by molar-refractivity contribution is -0.120. The molecular weight excluding hydrogens is 306 g/mol. The molecule has 2 rings (SSSR count). The second-order valence-corrected chi connectivity index (χ2v) is 5.47. The van der Waals surface area contributed by atoms with Crippen LogP contribution in [0.25, 0.3) is 0 Å². The fourth-order valence-electron chi connectivity index (χ4n) is 2.20. The van der Waals surface area contributed by atoms with E-state index in [4.69, 9.17) is 0 Å². The summed E-state index contributed by atoms with van der Waals surface area (Å²) in [5.41, 5.74) is 2.22. The molecule has 0 atom stereocenters. The number of aromatic nitrogens is 2. The Hall–Kier alpha value is -2.83. The minimum Gasteiger partial charge on any atom is -0.354 e. The van der Waals surface area contributed by atoms with Gasteiger partial charge in [0, 0.05) is 26.3 Å². The van der Waals surface area contributed by atoms with E-state index in [-0.39, 0.29) is 18.5 Å². The summed E-state index contributed by atoms with van der Waals surface area (Å²) in [6.45, 7) is 1.01. The maximum absolute atomic E-state index is 11.7. The van der Waals surface area contributed by atoms with Crippen LogP contribution < -0.4 is 16.0 Å². The number of urea groups is 1. The zero-order valence-electron chi connectivity index (χ0n) is 13.8. The van der Waals surface area contributed by atoms with Crippen molar-refractivity contribution in [3.63, 3.8) is 0 Å². The monoisotopic (exact) mass is 329 g/mol. The van der Waals surface area contributed by atoms with E-state index in [2.05, 4.69) is 21.0 Å². The van der Waals surface area contributed by atoms with Gasteiger partial charge in [0.05, 0.1) is 12.7 Å². The third kappa shape index (κ3) is 6.51. The van der Waals surface area contributed by atoms with E-state index < -0.39 is 0 Å². The second-order valence-electron chi connectivity index (χ2n) is 5.47. The van der Waals surface area contributed by atoms with Crippen LogP contribution in [0.15, 0.2) is 42.7 Å². The van der Waals surface area contributed by atoms with E-state index in [9.17, 15) is 9.59 Å². The summed E-state index contributed by atoms with van der Waals surface area (Å²) in [5, 5.41) is 12.1. The fraction of sp³-hybridized carbons (Fsp3) is 0.353. The van der Waals surface area contributed by atoms with Crippen LogP contribution in [-0.4, -0.2) is 41.4 Å². The first-order chi connectivity index (χ1) is 11.6. The number of hydrogen-bond acceptors (Lipinski definition) is 3. The molecule has 0 aliphatic heterocycles. The van der Waals surface area contributed by atoms with Gasteiger partial charge in [0.25, 0.3) is 0 Å². The van der Waals surface area contributed by atoms with Gasteiger partial charge in [-0.3, -0.25) is 9.48 Å². The van der Waals surface area contributed by atoms with Crippen molar-refractivity contribution in [2.45, 2.75) is 12.8 Å². The van der Waals surface area contributed by atoms with Crippen LogP contribution in [0.3, 0.4) is 0 Å². The molecule has 24 heavy (non-hydrogen) atoms. The van der Waals surface area contributed by atoms with Gasteiger partial charge in [-0.25, -0.2) is 4.79 Å².